The molecule has 1 aliphatic carbocycles. The van der Waals surface area contributed by atoms with E-state index in [1.807, 2.05) is 19.2 Å². The van der Waals surface area contributed by atoms with Crippen LogP contribution in [0, 0.1) is 5.82 Å². The van der Waals surface area contributed by atoms with Crippen molar-refractivity contribution in [3.05, 3.63) is 35.6 Å². The molecule has 2 rings (SSSR count). The third-order valence-electron chi connectivity index (χ3n) is 2.94. The molecule has 2 unspecified atom stereocenters. The van der Waals surface area contributed by atoms with Crippen LogP contribution in [0.5, 0.6) is 0 Å². The lowest BCUT2D eigenvalue weighted by molar-refractivity contribution is 0.300. The van der Waals surface area contributed by atoms with Crippen molar-refractivity contribution in [1.29, 1.82) is 0 Å². The molecule has 1 aliphatic rings. The summed E-state index contributed by atoms with van der Waals surface area (Å²) in [5.41, 5.74) is 1.26. The first kappa shape index (κ1) is 8.70. The molecule has 1 saturated carbocycles. The van der Waals surface area contributed by atoms with Crippen molar-refractivity contribution < 1.29 is 4.39 Å². The SMILES string of the molecule is CNC1CCC1c1ccc(F)cc1. The Hall–Kier alpha value is -0.890. The first-order chi connectivity index (χ1) is 6.31. The van der Waals surface area contributed by atoms with Crippen LogP contribution in [0.25, 0.3) is 0 Å². The minimum atomic E-state index is -0.149. The molecule has 13 heavy (non-hydrogen) atoms. The van der Waals surface area contributed by atoms with Crippen LogP contribution in [-0.4, -0.2) is 13.1 Å². The van der Waals surface area contributed by atoms with Crippen LogP contribution in [0.4, 0.5) is 4.39 Å². The zero-order valence-corrected chi connectivity index (χ0v) is 7.76. The molecule has 1 nitrogen and oxygen atoms in total. The highest BCUT2D eigenvalue weighted by Gasteiger charge is 2.30. The van der Waals surface area contributed by atoms with E-state index in [-0.39, 0.29) is 5.82 Å². The van der Waals surface area contributed by atoms with E-state index < -0.39 is 0 Å². The number of halogens is 1. The van der Waals surface area contributed by atoms with Gasteiger partial charge in [0, 0.05) is 6.04 Å². The summed E-state index contributed by atoms with van der Waals surface area (Å²) in [4.78, 5) is 0. The maximum absolute atomic E-state index is 12.6. The Morgan fingerprint density at radius 3 is 2.38 bits per heavy atom. The molecule has 0 bridgehead atoms. The van der Waals surface area contributed by atoms with Crippen molar-refractivity contribution >= 4 is 0 Å². The first-order valence-electron chi connectivity index (χ1n) is 4.74. The summed E-state index contributed by atoms with van der Waals surface area (Å²) in [6, 6.07) is 7.46. The van der Waals surface area contributed by atoms with Gasteiger partial charge in [-0.05, 0) is 43.5 Å². The summed E-state index contributed by atoms with van der Waals surface area (Å²) >= 11 is 0. The smallest absolute Gasteiger partial charge is 0.123 e. The van der Waals surface area contributed by atoms with Crippen molar-refractivity contribution in [3.8, 4) is 0 Å². The second-order valence-electron chi connectivity index (χ2n) is 3.63. The second kappa shape index (κ2) is 3.46. The Balaban J connectivity index is 2.12. The number of nitrogens with one attached hydrogen (secondary N) is 1. The van der Waals surface area contributed by atoms with E-state index in [1.54, 1.807) is 12.1 Å². The van der Waals surface area contributed by atoms with Gasteiger partial charge in [0.05, 0.1) is 0 Å². The molecule has 0 spiro atoms. The van der Waals surface area contributed by atoms with Gasteiger partial charge in [-0.15, -0.1) is 0 Å². The molecule has 1 N–H and O–H groups in total. The molecule has 1 aromatic carbocycles. The Labute approximate surface area is 78.0 Å². The van der Waals surface area contributed by atoms with Crippen LogP contribution in [0.3, 0.4) is 0 Å². The monoisotopic (exact) mass is 179 g/mol. The zero-order valence-electron chi connectivity index (χ0n) is 7.76. The molecular weight excluding hydrogens is 165 g/mol. The van der Waals surface area contributed by atoms with Gasteiger partial charge in [0.15, 0.2) is 0 Å². The summed E-state index contributed by atoms with van der Waals surface area (Å²) < 4.78 is 12.6. The number of likely N-dealkylation sites (N-methyl/N-ethyl adjacent to an activating group) is 1. The largest absolute Gasteiger partial charge is 0.316 e. The van der Waals surface area contributed by atoms with Gasteiger partial charge in [-0.1, -0.05) is 12.1 Å². The Morgan fingerprint density at radius 2 is 1.92 bits per heavy atom. The van der Waals surface area contributed by atoms with Gasteiger partial charge in [-0.3, -0.25) is 0 Å². The van der Waals surface area contributed by atoms with Gasteiger partial charge >= 0.3 is 0 Å². The van der Waals surface area contributed by atoms with E-state index in [2.05, 4.69) is 5.32 Å². The van der Waals surface area contributed by atoms with E-state index in [4.69, 9.17) is 0 Å². The molecule has 1 aromatic rings. The highest BCUT2D eigenvalue weighted by atomic mass is 19.1. The predicted molar refractivity (Wildman–Crippen MR) is 51.2 cm³/mol. The summed E-state index contributed by atoms with van der Waals surface area (Å²) in [6.07, 6.45) is 2.45. The molecule has 2 atom stereocenters. The molecule has 0 amide bonds. The first-order valence-corrected chi connectivity index (χ1v) is 4.74. The Morgan fingerprint density at radius 1 is 1.23 bits per heavy atom. The van der Waals surface area contributed by atoms with Gasteiger partial charge in [0.1, 0.15) is 5.82 Å². The minimum Gasteiger partial charge on any atom is -0.316 e. The van der Waals surface area contributed by atoms with Crippen LogP contribution < -0.4 is 5.32 Å². The maximum atomic E-state index is 12.6. The number of hydrogen-bond acceptors (Lipinski definition) is 1. The van der Waals surface area contributed by atoms with Crippen LogP contribution in [0.15, 0.2) is 24.3 Å². The molecule has 2 heteroatoms. The quantitative estimate of drug-likeness (QED) is 0.734. The minimum absolute atomic E-state index is 0.149. The number of benzene rings is 1. The Bertz CT molecular complexity index is 279. The van der Waals surface area contributed by atoms with Crippen LogP contribution in [0.1, 0.15) is 24.3 Å². The fourth-order valence-corrected chi connectivity index (χ4v) is 1.95. The number of hydrogen-bond donors (Lipinski definition) is 1. The van der Waals surface area contributed by atoms with Crippen molar-refractivity contribution in [1.82, 2.24) is 5.32 Å². The molecule has 70 valence electrons. The fourth-order valence-electron chi connectivity index (χ4n) is 1.95. The van der Waals surface area contributed by atoms with E-state index >= 15 is 0 Å². The fraction of sp³-hybridized carbons (Fsp3) is 0.455. The van der Waals surface area contributed by atoms with Crippen LogP contribution in [-0.2, 0) is 0 Å². The van der Waals surface area contributed by atoms with Crippen LogP contribution in [0.2, 0.25) is 0 Å². The third kappa shape index (κ3) is 1.59. The zero-order chi connectivity index (χ0) is 9.26. The van der Waals surface area contributed by atoms with E-state index in [0.29, 0.717) is 12.0 Å². The average Bonchev–Trinajstić information content (AvgIpc) is 2.08. The van der Waals surface area contributed by atoms with Gasteiger partial charge in [-0.25, -0.2) is 4.39 Å². The van der Waals surface area contributed by atoms with E-state index in [0.717, 1.165) is 0 Å². The van der Waals surface area contributed by atoms with Gasteiger partial charge in [0.25, 0.3) is 0 Å². The maximum Gasteiger partial charge on any atom is 0.123 e. The van der Waals surface area contributed by atoms with Crippen molar-refractivity contribution in [3.63, 3.8) is 0 Å². The summed E-state index contributed by atoms with van der Waals surface area (Å²) in [5.74, 6) is 0.440. The molecule has 0 aromatic heterocycles. The lowest BCUT2D eigenvalue weighted by Gasteiger charge is -2.36. The van der Waals surface area contributed by atoms with Crippen molar-refractivity contribution in [2.75, 3.05) is 7.05 Å². The molecule has 0 aliphatic heterocycles. The molecule has 0 heterocycles. The normalized spacial score (nSPS) is 26.9. The summed E-state index contributed by atoms with van der Waals surface area (Å²) in [7, 11) is 1.99. The predicted octanol–water partition coefficient (Wildman–Crippen LogP) is 2.29. The van der Waals surface area contributed by atoms with E-state index in [9.17, 15) is 4.39 Å². The van der Waals surface area contributed by atoms with Crippen LogP contribution >= 0.6 is 0 Å². The average molecular weight is 179 g/mol. The highest BCUT2D eigenvalue weighted by Crippen LogP contribution is 2.36. The van der Waals surface area contributed by atoms with Gasteiger partial charge < -0.3 is 5.32 Å². The third-order valence-corrected chi connectivity index (χ3v) is 2.94. The van der Waals surface area contributed by atoms with E-state index in [1.165, 1.54) is 18.4 Å². The van der Waals surface area contributed by atoms with Crippen molar-refractivity contribution in [2.45, 2.75) is 24.8 Å². The molecule has 0 radical (unpaired) electrons. The second-order valence-corrected chi connectivity index (χ2v) is 3.63. The molecule has 1 fully saturated rings. The van der Waals surface area contributed by atoms with Crippen molar-refractivity contribution in [2.24, 2.45) is 0 Å². The van der Waals surface area contributed by atoms with Gasteiger partial charge in [-0.2, -0.15) is 0 Å². The molecule has 0 saturated heterocycles. The topological polar surface area (TPSA) is 12.0 Å². The summed E-state index contributed by atoms with van der Waals surface area (Å²) in [5, 5.41) is 3.27. The summed E-state index contributed by atoms with van der Waals surface area (Å²) in [6.45, 7) is 0. The number of rotatable bonds is 2. The van der Waals surface area contributed by atoms with Gasteiger partial charge in [0.2, 0.25) is 0 Å². The molecular formula is C11H14FN. The highest BCUT2D eigenvalue weighted by molar-refractivity contribution is 5.24. The standard InChI is InChI=1S/C11H14FN/c1-13-11-7-6-10(11)8-2-4-9(12)5-3-8/h2-5,10-11,13H,6-7H2,1H3. The lowest BCUT2D eigenvalue weighted by Crippen LogP contribution is -2.40. The lowest BCUT2D eigenvalue weighted by atomic mass is 9.75. The Kier molecular flexibility index (Phi) is 2.32.